The summed E-state index contributed by atoms with van der Waals surface area (Å²) in [6.07, 6.45) is 5.85. The van der Waals surface area contributed by atoms with Crippen LogP contribution in [-0.4, -0.2) is 5.78 Å². The van der Waals surface area contributed by atoms with Gasteiger partial charge >= 0.3 is 0 Å². The number of allylic oxidation sites excluding steroid dienone is 2. The Morgan fingerprint density at radius 1 is 1.73 bits per heavy atom. The zero-order valence-corrected chi connectivity index (χ0v) is 7.06. The highest BCUT2D eigenvalue weighted by Crippen LogP contribution is 2.10. The van der Waals surface area contributed by atoms with E-state index in [9.17, 15) is 4.79 Å². The van der Waals surface area contributed by atoms with Gasteiger partial charge in [-0.15, -0.1) is 0 Å². The number of carbonyl (C=O) groups excluding carboxylic acids is 1. The second-order valence-corrected chi connectivity index (χ2v) is 2.99. The van der Waals surface area contributed by atoms with Crippen molar-refractivity contribution in [1.82, 2.24) is 5.32 Å². The summed E-state index contributed by atoms with van der Waals surface area (Å²) >= 11 is 5.63. The Balaban J connectivity index is 2.75. The van der Waals surface area contributed by atoms with Crippen LogP contribution < -0.4 is 5.32 Å². The minimum absolute atomic E-state index is 0.0436. The molecule has 0 saturated heterocycles. The summed E-state index contributed by atoms with van der Waals surface area (Å²) < 4.78 is 0. The van der Waals surface area contributed by atoms with Crippen molar-refractivity contribution in [1.29, 1.82) is 0 Å². The Labute approximate surface area is 70.9 Å². The summed E-state index contributed by atoms with van der Waals surface area (Å²) in [5.74, 6) is 0.119. The van der Waals surface area contributed by atoms with Gasteiger partial charge in [0.2, 0.25) is 0 Å². The Hall–Kier alpha value is -0.760. The molecule has 0 aromatic heterocycles. The molecule has 0 aliphatic carbocycles. The molecule has 1 N–H and O–H groups in total. The fourth-order valence-electron chi connectivity index (χ4n) is 0.836. The molecule has 0 spiro atoms. The van der Waals surface area contributed by atoms with Gasteiger partial charge in [-0.2, -0.15) is 0 Å². The number of carbonyl (C=O) groups is 1. The lowest BCUT2D eigenvalue weighted by atomic mass is 10.0. The van der Waals surface area contributed by atoms with Gasteiger partial charge in [-0.25, -0.2) is 0 Å². The maximum absolute atomic E-state index is 11.1. The van der Waals surface area contributed by atoms with Gasteiger partial charge in [-0.1, -0.05) is 24.6 Å². The van der Waals surface area contributed by atoms with E-state index in [-0.39, 0.29) is 11.7 Å². The van der Waals surface area contributed by atoms with E-state index >= 15 is 0 Å². The molecule has 0 fully saturated rings. The second kappa shape index (κ2) is 3.58. The van der Waals surface area contributed by atoms with E-state index < -0.39 is 0 Å². The van der Waals surface area contributed by atoms with Crippen molar-refractivity contribution in [2.75, 3.05) is 0 Å². The van der Waals surface area contributed by atoms with Crippen LogP contribution in [0.15, 0.2) is 23.5 Å². The van der Waals surface area contributed by atoms with E-state index in [0.29, 0.717) is 5.16 Å². The van der Waals surface area contributed by atoms with Crippen LogP contribution >= 0.6 is 11.6 Å². The van der Waals surface area contributed by atoms with E-state index in [0.717, 1.165) is 6.42 Å². The molecule has 1 heterocycles. The minimum Gasteiger partial charge on any atom is -0.353 e. The Kier molecular flexibility index (Phi) is 2.71. The van der Waals surface area contributed by atoms with Crippen LogP contribution in [0.5, 0.6) is 0 Å². The summed E-state index contributed by atoms with van der Waals surface area (Å²) in [5, 5.41) is 3.15. The van der Waals surface area contributed by atoms with Gasteiger partial charge in [0.1, 0.15) is 5.16 Å². The van der Waals surface area contributed by atoms with Crippen molar-refractivity contribution in [3.05, 3.63) is 23.5 Å². The van der Waals surface area contributed by atoms with E-state index in [2.05, 4.69) is 5.32 Å². The third-order valence-corrected chi connectivity index (χ3v) is 1.80. The molecule has 1 aliphatic heterocycles. The van der Waals surface area contributed by atoms with Crippen LogP contribution in [-0.2, 0) is 4.79 Å². The lowest BCUT2D eigenvalue weighted by Crippen LogP contribution is -2.12. The molecule has 0 radical (unpaired) electrons. The van der Waals surface area contributed by atoms with Crippen LogP contribution in [0.3, 0.4) is 0 Å². The molecule has 0 saturated carbocycles. The molecule has 1 atom stereocenters. The topological polar surface area (TPSA) is 29.1 Å². The first-order valence-corrected chi connectivity index (χ1v) is 3.90. The molecule has 11 heavy (non-hydrogen) atoms. The predicted octanol–water partition coefficient (Wildman–Crippen LogP) is 1.78. The summed E-state index contributed by atoms with van der Waals surface area (Å²) in [6, 6.07) is 0. The van der Waals surface area contributed by atoms with E-state index in [1.807, 2.05) is 13.0 Å². The number of halogens is 1. The van der Waals surface area contributed by atoms with Gasteiger partial charge in [0.05, 0.1) is 0 Å². The second-order valence-electron chi connectivity index (χ2n) is 2.58. The third kappa shape index (κ3) is 2.39. The van der Waals surface area contributed by atoms with E-state index in [1.54, 1.807) is 6.20 Å². The molecule has 1 aliphatic rings. The van der Waals surface area contributed by atoms with Crippen LogP contribution in [0, 0.1) is 5.92 Å². The molecule has 0 bridgehead atoms. The van der Waals surface area contributed by atoms with Gasteiger partial charge in [-0.05, 0) is 12.6 Å². The summed E-state index contributed by atoms with van der Waals surface area (Å²) in [5.41, 5.74) is 0. The quantitative estimate of drug-likeness (QED) is 0.563. The highest BCUT2D eigenvalue weighted by Gasteiger charge is 2.10. The van der Waals surface area contributed by atoms with Crippen LogP contribution in [0.2, 0.25) is 0 Å². The highest BCUT2D eigenvalue weighted by molar-refractivity contribution is 6.30. The lowest BCUT2D eigenvalue weighted by Gasteiger charge is -2.07. The van der Waals surface area contributed by atoms with Gasteiger partial charge in [0.25, 0.3) is 0 Å². The van der Waals surface area contributed by atoms with E-state index in [1.165, 1.54) is 6.08 Å². The SMILES string of the molecule is CC1C/C=C/NC(Cl)=CC1=O. The average molecular weight is 172 g/mol. The molecule has 3 heteroatoms. The first kappa shape index (κ1) is 8.34. The normalized spacial score (nSPS) is 28.0. The minimum atomic E-state index is 0.0436. The zero-order chi connectivity index (χ0) is 8.27. The number of hydrogen-bond acceptors (Lipinski definition) is 2. The van der Waals surface area contributed by atoms with Crippen molar-refractivity contribution < 1.29 is 4.79 Å². The molecule has 0 aromatic rings. The van der Waals surface area contributed by atoms with Crippen molar-refractivity contribution in [2.24, 2.45) is 5.92 Å². The predicted molar refractivity (Wildman–Crippen MR) is 45.0 cm³/mol. The first-order valence-electron chi connectivity index (χ1n) is 3.52. The number of nitrogens with one attached hydrogen (secondary N) is 1. The summed E-state index contributed by atoms with van der Waals surface area (Å²) in [7, 11) is 0. The van der Waals surface area contributed by atoms with Crippen molar-refractivity contribution >= 4 is 17.4 Å². The maximum atomic E-state index is 11.1. The zero-order valence-electron chi connectivity index (χ0n) is 6.30. The number of hydrogen-bond donors (Lipinski definition) is 1. The van der Waals surface area contributed by atoms with Crippen LogP contribution in [0.25, 0.3) is 0 Å². The van der Waals surface area contributed by atoms with Crippen molar-refractivity contribution in [3.63, 3.8) is 0 Å². The fourth-order valence-corrected chi connectivity index (χ4v) is 1.01. The van der Waals surface area contributed by atoms with E-state index in [4.69, 9.17) is 11.6 Å². The molecule has 1 unspecified atom stereocenters. The van der Waals surface area contributed by atoms with Gasteiger partial charge in [-0.3, -0.25) is 4.79 Å². The monoisotopic (exact) mass is 171 g/mol. The number of ketones is 1. The van der Waals surface area contributed by atoms with Gasteiger partial charge in [0.15, 0.2) is 5.78 Å². The Morgan fingerprint density at radius 3 is 3.18 bits per heavy atom. The molecular weight excluding hydrogens is 162 g/mol. The summed E-state index contributed by atoms with van der Waals surface area (Å²) in [6.45, 7) is 1.89. The van der Waals surface area contributed by atoms with Gasteiger partial charge < -0.3 is 5.32 Å². The smallest absolute Gasteiger partial charge is 0.161 e. The lowest BCUT2D eigenvalue weighted by molar-refractivity contribution is -0.117. The number of rotatable bonds is 0. The largest absolute Gasteiger partial charge is 0.353 e. The third-order valence-electron chi connectivity index (χ3n) is 1.58. The Morgan fingerprint density at radius 2 is 2.45 bits per heavy atom. The average Bonchev–Trinajstić information content (AvgIpc) is 1.95. The molecule has 0 amide bonds. The standard InChI is InChI=1S/C8H10ClNO/c1-6-3-2-4-10-8(9)5-7(6)11/h2,4-6,10H,3H2,1H3/b4-2+,8-5?. The fraction of sp³-hybridized carbons (Fsp3) is 0.375. The molecule has 0 aromatic carbocycles. The Bertz CT molecular complexity index is 220. The molecule has 1 rings (SSSR count). The molecule has 2 nitrogen and oxygen atoms in total. The van der Waals surface area contributed by atoms with Crippen molar-refractivity contribution in [2.45, 2.75) is 13.3 Å². The van der Waals surface area contributed by atoms with Crippen LogP contribution in [0.1, 0.15) is 13.3 Å². The first-order chi connectivity index (χ1) is 5.20. The van der Waals surface area contributed by atoms with Gasteiger partial charge in [0, 0.05) is 12.0 Å². The molecular formula is C8H10ClNO. The maximum Gasteiger partial charge on any atom is 0.161 e. The van der Waals surface area contributed by atoms with Crippen molar-refractivity contribution in [3.8, 4) is 0 Å². The molecule has 60 valence electrons. The summed E-state index contributed by atoms with van der Waals surface area (Å²) in [4.78, 5) is 11.1. The highest BCUT2D eigenvalue weighted by atomic mass is 35.5. The van der Waals surface area contributed by atoms with Crippen LogP contribution in [0.4, 0.5) is 0 Å².